The van der Waals surface area contributed by atoms with Crippen LogP contribution < -0.4 is 15.6 Å². The summed E-state index contributed by atoms with van der Waals surface area (Å²) < 4.78 is 83.6. The number of halogens is 6. The van der Waals surface area contributed by atoms with Gasteiger partial charge in [-0.2, -0.15) is 13.2 Å². The number of nitrogens with zero attached hydrogens (tertiary/aromatic N) is 4. The summed E-state index contributed by atoms with van der Waals surface area (Å²) in [6, 6.07) is 0.140. The SMILES string of the molecule is CCC(NC(=O)c1cn(-c2c(F)cc(F)cc2F)c2nc(N3CCN(CCO)C3=O)ccc2c1=O)C(F)(F)F. The Bertz CT molecular complexity index is 1490. The van der Waals surface area contributed by atoms with Gasteiger partial charge >= 0.3 is 12.2 Å². The van der Waals surface area contributed by atoms with Crippen LogP contribution in [0.5, 0.6) is 0 Å². The fourth-order valence-electron chi connectivity index (χ4n) is 4.22. The number of nitrogens with one attached hydrogen (secondary N) is 1. The number of hydrogen-bond donors (Lipinski definition) is 2. The molecule has 2 N–H and O–H groups in total. The van der Waals surface area contributed by atoms with E-state index in [0.29, 0.717) is 22.9 Å². The minimum Gasteiger partial charge on any atom is -0.395 e. The Kier molecular flexibility index (Phi) is 7.54. The molecule has 0 aliphatic carbocycles. The van der Waals surface area contributed by atoms with Crippen LogP contribution in [-0.2, 0) is 0 Å². The third-order valence-corrected chi connectivity index (χ3v) is 6.15. The first kappa shape index (κ1) is 27.9. The van der Waals surface area contributed by atoms with Crippen molar-refractivity contribution in [2.24, 2.45) is 0 Å². The standard InChI is InChI=1S/C24H21F6N5O4/c1-2-17(24(28,29)30)31-22(38)14-11-35(19-15(26)9-12(25)10-16(19)27)21-13(20(14)37)3-4-18(32-21)34-6-5-33(7-8-36)23(34)39/h3-4,9-11,17,36H,2,5-8H2,1H3,(H,31,38). The van der Waals surface area contributed by atoms with Gasteiger partial charge in [0.25, 0.3) is 5.91 Å². The molecule has 4 rings (SSSR count). The summed E-state index contributed by atoms with van der Waals surface area (Å²) in [4.78, 5) is 45.3. The molecule has 2 aromatic heterocycles. The van der Waals surface area contributed by atoms with E-state index in [4.69, 9.17) is 5.11 Å². The Labute approximate surface area is 216 Å². The van der Waals surface area contributed by atoms with Gasteiger partial charge in [-0.25, -0.2) is 22.9 Å². The fraction of sp³-hybridized carbons (Fsp3) is 0.333. The number of rotatable bonds is 7. The first-order valence-electron chi connectivity index (χ1n) is 11.6. The quantitative estimate of drug-likeness (QED) is 0.435. The molecule has 1 fully saturated rings. The Morgan fingerprint density at radius 3 is 2.38 bits per heavy atom. The molecule has 1 aliphatic heterocycles. The van der Waals surface area contributed by atoms with Gasteiger partial charge in [0.05, 0.1) is 12.0 Å². The molecule has 0 spiro atoms. The maximum absolute atomic E-state index is 14.8. The monoisotopic (exact) mass is 557 g/mol. The number of aliphatic hydroxyl groups is 1. The average Bonchev–Trinajstić information content (AvgIpc) is 3.22. The largest absolute Gasteiger partial charge is 0.408 e. The van der Waals surface area contributed by atoms with Crippen LogP contribution >= 0.6 is 0 Å². The summed E-state index contributed by atoms with van der Waals surface area (Å²) in [6.07, 6.45) is -4.78. The minimum absolute atomic E-state index is 0.0365. The third kappa shape index (κ3) is 5.26. The predicted molar refractivity (Wildman–Crippen MR) is 126 cm³/mol. The predicted octanol–water partition coefficient (Wildman–Crippen LogP) is 3.11. The lowest BCUT2D eigenvalue weighted by Gasteiger charge is -2.21. The van der Waals surface area contributed by atoms with Crippen molar-refractivity contribution in [3.05, 3.63) is 63.7 Å². The van der Waals surface area contributed by atoms with Crippen LogP contribution in [0.2, 0.25) is 0 Å². The Morgan fingerprint density at radius 2 is 1.79 bits per heavy atom. The molecule has 0 saturated carbocycles. The number of aliphatic hydroxyl groups excluding tert-OH is 1. The lowest BCUT2D eigenvalue weighted by Crippen LogP contribution is -2.46. The van der Waals surface area contributed by atoms with E-state index in [9.17, 15) is 40.7 Å². The first-order valence-corrected chi connectivity index (χ1v) is 11.6. The second kappa shape index (κ2) is 10.6. The van der Waals surface area contributed by atoms with Gasteiger partial charge in [0, 0.05) is 38.0 Å². The molecule has 3 amide bonds. The number of alkyl halides is 3. The van der Waals surface area contributed by atoms with E-state index in [2.05, 4.69) is 4.98 Å². The highest BCUT2D eigenvalue weighted by Crippen LogP contribution is 2.27. The average molecular weight is 557 g/mol. The molecular weight excluding hydrogens is 536 g/mol. The number of aromatic nitrogens is 2. The maximum atomic E-state index is 14.8. The zero-order valence-corrected chi connectivity index (χ0v) is 20.2. The summed E-state index contributed by atoms with van der Waals surface area (Å²) in [7, 11) is 0. The van der Waals surface area contributed by atoms with E-state index in [-0.39, 0.29) is 32.1 Å². The highest BCUT2D eigenvalue weighted by molar-refractivity contribution is 5.98. The van der Waals surface area contributed by atoms with Crippen LogP contribution in [0.3, 0.4) is 0 Å². The van der Waals surface area contributed by atoms with Crippen LogP contribution in [0.25, 0.3) is 16.7 Å². The topological polar surface area (TPSA) is 108 Å². The van der Waals surface area contributed by atoms with Crippen molar-refractivity contribution in [3.8, 4) is 5.69 Å². The summed E-state index contributed by atoms with van der Waals surface area (Å²) in [6.45, 7) is 1.24. The first-order chi connectivity index (χ1) is 18.4. The van der Waals surface area contributed by atoms with E-state index in [1.54, 1.807) is 5.32 Å². The van der Waals surface area contributed by atoms with Crippen LogP contribution in [-0.4, -0.2) is 70.0 Å². The number of urea groups is 1. The molecule has 0 radical (unpaired) electrons. The summed E-state index contributed by atoms with van der Waals surface area (Å²) in [5.74, 6) is -5.69. The smallest absolute Gasteiger partial charge is 0.395 e. The van der Waals surface area contributed by atoms with E-state index >= 15 is 0 Å². The molecule has 15 heteroatoms. The fourth-order valence-corrected chi connectivity index (χ4v) is 4.22. The van der Waals surface area contributed by atoms with Gasteiger partial charge in [-0.15, -0.1) is 0 Å². The lowest BCUT2D eigenvalue weighted by atomic mass is 10.1. The maximum Gasteiger partial charge on any atom is 0.408 e. The van der Waals surface area contributed by atoms with Gasteiger partial charge in [0.15, 0.2) is 17.3 Å². The van der Waals surface area contributed by atoms with Crippen molar-refractivity contribution in [2.45, 2.75) is 25.6 Å². The number of benzene rings is 1. The van der Waals surface area contributed by atoms with Gasteiger partial charge in [0.1, 0.15) is 28.9 Å². The second-order valence-electron chi connectivity index (χ2n) is 8.62. The molecule has 3 aromatic rings. The summed E-state index contributed by atoms with van der Waals surface area (Å²) in [5.41, 5.74) is -3.38. The molecule has 39 heavy (non-hydrogen) atoms. The van der Waals surface area contributed by atoms with Crippen LogP contribution in [0.1, 0.15) is 23.7 Å². The zero-order chi connectivity index (χ0) is 28.6. The number of amides is 3. The zero-order valence-electron chi connectivity index (χ0n) is 20.2. The van der Waals surface area contributed by atoms with Gasteiger partial charge < -0.3 is 15.3 Å². The van der Waals surface area contributed by atoms with E-state index in [0.717, 1.165) is 13.0 Å². The highest BCUT2D eigenvalue weighted by atomic mass is 19.4. The molecule has 1 aromatic carbocycles. The molecule has 1 unspecified atom stereocenters. The number of pyridine rings is 2. The third-order valence-electron chi connectivity index (χ3n) is 6.15. The number of carbonyl (C=O) groups is 2. The lowest BCUT2D eigenvalue weighted by molar-refractivity contribution is -0.153. The number of anilines is 1. The molecular formula is C24H21F6N5O4. The van der Waals surface area contributed by atoms with Crippen molar-refractivity contribution in [1.82, 2.24) is 19.8 Å². The summed E-state index contributed by atoms with van der Waals surface area (Å²) >= 11 is 0. The van der Waals surface area contributed by atoms with Gasteiger partial charge in [-0.3, -0.25) is 19.1 Å². The Hall–Kier alpha value is -4.14. The van der Waals surface area contributed by atoms with Crippen LogP contribution in [0, 0.1) is 17.5 Å². The summed E-state index contributed by atoms with van der Waals surface area (Å²) in [5, 5.41) is 10.4. The van der Waals surface area contributed by atoms with Crippen LogP contribution in [0.15, 0.2) is 35.3 Å². The van der Waals surface area contributed by atoms with Gasteiger partial charge in [-0.05, 0) is 18.6 Å². The number of β-amino-alcohol motifs (C(OH)–C–C–N with tert-alkyl or cyclic N) is 1. The van der Waals surface area contributed by atoms with E-state index in [1.807, 2.05) is 0 Å². The van der Waals surface area contributed by atoms with Crippen molar-refractivity contribution in [3.63, 3.8) is 0 Å². The molecule has 1 aliphatic rings. The molecule has 1 atom stereocenters. The highest BCUT2D eigenvalue weighted by Gasteiger charge is 2.40. The van der Waals surface area contributed by atoms with E-state index in [1.165, 1.54) is 15.9 Å². The molecule has 208 valence electrons. The number of fused-ring (bicyclic) bond motifs is 1. The number of carbonyl (C=O) groups excluding carboxylic acids is 2. The van der Waals surface area contributed by atoms with Crippen molar-refractivity contribution < 1.29 is 41.0 Å². The Balaban J connectivity index is 1.93. The molecule has 1 saturated heterocycles. The van der Waals surface area contributed by atoms with Gasteiger partial charge in [0.2, 0.25) is 5.43 Å². The van der Waals surface area contributed by atoms with Gasteiger partial charge in [-0.1, -0.05) is 6.92 Å². The van der Waals surface area contributed by atoms with Crippen molar-refractivity contribution >= 4 is 28.8 Å². The normalized spacial score (nSPS) is 14.8. The Morgan fingerprint density at radius 1 is 1.13 bits per heavy atom. The molecule has 3 heterocycles. The second-order valence-corrected chi connectivity index (χ2v) is 8.62. The molecule has 0 bridgehead atoms. The van der Waals surface area contributed by atoms with Crippen LogP contribution in [0.4, 0.5) is 37.0 Å². The minimum atomic E-state index is -4.84. The van der Waals surface area contributed by atoms with Crippen molar-refractivity contribution in [1.29, 1.82) is 0 Å². The number of hydrogen-bond acceptors (Lipinski definition) is 5. The van der Waals surface area contributed by atoms with E-state index < -0.39 is 75.7 Å². The molecule has 9 nitrogen and oxygen atoms in total. The van der Waals surface area contributed by atoms with Crippen molar-refractivity contribution in [2.75, 3.05) is 31.1 Å².